The van der Waals surface area contributed by atoms with Gasteiger partial charge in [0.2, 0.25) is 5.91 Å². The van der Waals surface area contributed by atoms with Gasteiger partial charge in [0.05, 0.1) is 16.8 Å². The summed E-state index contributed by atoms with van der Waals surface area (Å²) >= 11 is 0. The summed E-state index contributed by atoms with van der Waals surface area (Å²) < 4.78 is 0. The van der Waals surface area contributed by atoms with Crippen LogP contribution < -0.4 is 4.90 Å². The van der Waals surface area contributed by atoms with Crippen LogP contribution in [-0.4, -0.2) is 22.9 Å². The SMILES string of the molecule is Cc1ccc(-c2cc3c(cn2)C(C)(C)C(=O)N3C)cn1. The highest BCUT2D eigenvalue weighted by Gasteiger charge is 2.42. The topological polar surface area (TPSA) is 46.1 Å². The molecular weight excluding hydrogens is 250 g/mol. The maximum Gasteiger partial charge on any atom is 0.236 e. The molecule has 4 heteroatoms. The number of amides is 1. The van der Waals surface area contributed by atoms with E-state index in [0.717, 1.165) is 28.2 Å². The van der Waals surface area contributed by atoms with Crippen LogP contribution in [0.4, 0.5) is 5.69 Å². The second kappa shape index (κ2) is 4.13. The van der Waals surface area contributed by atoms with Crippen molar-refractivity contribution in [3.63, 3.8) is 0 Å². The number of rotatable bonds is 1. The predicted octanol–water partition coefficient (Wildman–Crippen LogP) is 2.71. The number of carbonyl (C=O) groups excluding carboxylic acids is 1. The molecule has 1 aliphatic rings. The summed E-state index contributed by atoms with van der Waals surface area (Å²) in [7, 11) is 1.81. The Balaban J connectivity index is 2.12. The van der Waals surface area contributed by atoms with E-state index in [1.165, 1.54) is 0 Å². The smallest absolute Gasteiger partial charge is 0.236 e. The summed E-state index contributed by atoms with van der Waals surface area (Å²) in [6.07, 6.45) is 3.62. The molecule has 0 radical (unpaired) electrons. The number of aromatic nitrogens is 2. The minimum atomic E-state index is -0.499. The van der Waals surface area contributed by atoms with E-state index in [9.17, 15) is 4.79 Å². The van der Waals surface area contributed by atoms with Crippen molar-refractivity contribution in [1.82, 2.24) is 9.97 Å². The molecule has 0 N–H and O–H groups in total. The van der Waals surface area contributed by atoms with E-state index < -0.39 is 5.41 Å². The molecule has 3 rings (SSSR count). The molecule has 0 bridgehead atoms. The zero-order chi connectivity index (χ0) is 14.5. The van der Waals surface area contributed by atoms with Crippen molar-refractivity contribution >= 4 is 11.6 Å². The number of hydrogen-bond donors (Lipinski definition) is 0. The van der Waals surface area contributed by atoms with Crippen molar-refractivity contribution in [2.75, 3.05) is 11.9 Å². The molecule has 0 fully saturated rings. The fourth-order valence-electron chi connectivity index (χ4n) is 2.62. The summed E-state index contributed by atoms with van der Waals surface area (Å²) in [5.74, 6) is 0.105. The Morgan fingerprint density at radius 1 is 1.15 bits per heavy atom. The van der Waals surface area contributed by atoms with E-state index in [2.05, 4.69) is 9.97 Å². The fourth-order valence-corrected chi connectivity index (χ4v) is 2.62. The van der Waals surface area contributed by atoms with Crippen molar-refractivity contribution in [3.8, 4) is 11.3 Å². The highest BCUT2D eigenvalue weighted by atomic mass is 16.2. The molecule has 0 unspecified atom stereocenters. The Hall–Kier alpha value is -2.23. The summed E-state index contributed by atoms with van der Waals surface area (Å²) in [6, 6.07) is 5.93. The van der Waals surface area contributed by atoms with Gasteiger partial charge < -0.3 is 4.90 Å². The number of anilines is 1. The molecule has 2 aromatic heterocycles. The van der Waals surface area contributed by atoms with Gasteiger partial charge in [0, 0.05) is 36.3 Å². The lowest BCUT2D eigenvalue weighted by atomic mass is 9.87. The van der Waals surface area contributed by atoms with Crippen LogP contribution in [0, 0.1) is 6.92 Å². The van der Waals surface area contributed by atoms with Crippen molar-refractivity contribution in [2.45, 2.75) is 26.2 Å². The van der Waals surface area contributed by atoms with Gasteiger partial charge in [-0.2, -0.15) is 0 Å². The highest BCUT2D eigenvalue weighted by molar-refractivity contribution is 6.07. The van der Waals surface area contributed by atoms with Gasteiger partial charge in [-0.1, -0.05) is 0 Å². The third-order valence-corrected chi connectivity index (χ3v) is 3.96. The van der Waals surface area contributed by atoms with Gasteiger partial charge in [-0.15, -0.1) is 0 Å². The van der Waals surface area contributed by atoms with Gasteiger partial charge in [0.15, 0.2) is 0 Å². The van der Waals surface area contributed by atoms with Crippen molar-refractivity contribution < 1.29 is 4.79 Å². The lowest BCUT2D eigenvalue weighted by Crippen LogP contribution is -2.33. The number of aryl methyl sites for hydroxylation is 1. The van der Waals surface area contributed by atoms with Gasteiger partial charge in [-0.05, 0) is 39.0 Å². The number of pyridine rings is 2. The molecule has 2 aromatic rings. The van der Waals surface area contributed by atoms with E-state index in [4.69, 9.17) is 0 Å². The van der Waals surface area contributed by atoms with Crippen LogP contribution in [-0.2, 0) is 10.2 Å². The van der Waals surface area contributed by atoms with Crippen LogP contribution in [0.2, 0.25) is 0 Å². The Labute approximate surface area is 118 Å². The van der Waals surface area contributed by atoms with E-state index in [1.807, 2.05) is 58.4 Å². The van der Waals surface area contributed by atoms with Crippen LogP contribution in [0.3, 0.4) is 0 Å². The summed E-state index contributed by atoms with van der Waals surface area (Å²) in [6.45, 7) is 5.83. The molecular formula is C16H17N3O. The van der Waals surface area contributed by atoms with Crippen LogP contribution >= 0.6 is 0 Å². The molecule has 102 valence electrons. The largest absolute Gasteiger partial charge is 0.314 e. The molecule has 20 heavy (non-hydrogen) atoms. The van der Waals surface area contributed by atoms with Crippen LogP contribution in [0.25, 0.3) is 11.3 Å². The lowest BCUT2D eigenvalue weighted by Gasteiger charge is -2.15. The molecule has 3 heterocycles. The number of nitrogens with zero attached hydrogens (tertiary/aromatic N) is 3. The molecule has 0 spiro atoms. The normalized spacial score (nSPS) is 16.4. The molecule has 0 aromatic carbocycles. The van der Waals surface area contributed by atoms with Gasteiger partial charge in [0.1, 0.15) is 0 Å². The van der Waals surface area contributed by atoms with Crippen molar-refractivity contribution in [1.29, 1.82) is 0 Å². The highest BCUT2D eigenvalue weighted by Crippen LogP contribution is 2.41. The van der Waals surface area contributed by atoms with Gasteiger partial charge in [0.25, 0.3) is 0 Å². The second-order valence-corrected chi connectivity index (χ2v) is 5.76. The quantitative estimate of drug-likeness (QED) is 0.798. The minimum absolute atomic E-state index is 0.105. The number of fused-ring (bicyclic) bond motifs is 1. The fraction of sp³-hybridized carbons (Fsp3) is 0.312. The first kappa shape index (κ1) is 12.8. The Morgan fingerprint density at radius 3 is 2.55 bits per heavy atom. The number of hydrogen-bond acceptors (Lipinski definition) is 3. The van der Waals surface area contributed by atoms with Crippen molar-refractivity contribution in [3.05, 3.63) is 41.9 Å². The Bertz CT molecular complexity index is 689. The molecule has 4 nitrogen and oxygen atoms in total. The average molecular weight is 267 g/mol. The van der Waals surface area contributed by atoms with E-state index >= 15 is 0 Å². The number of likely N-dealkylation sites (N-methyl/N-ethyl adjacent to an activating group) is 1. The van der Waals surface area contributed by atoms with Crippen LogP contribution in [0.5, 0.6) is 0 Å². The third kappa shape index (κ3) is 1.72. The average Bonchev–Trinajstić information content (AvgIpc) is 2.61. The Kier molecular flexibility index (Phi) is 2.64. The van der Waals surface area contributed by atoms with Crippen LogP contribution in [0.15, 0.2) is 30.6 Å². The maximum atomic E-state index is 12.3. The molecule has 0 saturated heterocycles. The van der Waals surface area contributed by atoms with Gasteiger partial charge in [-0.25, -0.2) is 0 Å². The standard InChI is InChI=1S/C16H17N3O/c1-10-5-6-11(8-17-10)13-7-14-12(9-18-13)16(2,3)15(20)19(14)4/h5-9H,1-4H3. The van der Waals surface area contributed by atoms with Crippen molar-refractivity contribution in [2.24, 2.45) is 0 Å². The first-order chi connectivity index (χ1) is 9.41. The first-order valence-electron chi connectivity index (χ1n) is 6.63. The second-order valence-electron chi connectivity index (χ2n) is 5.76. The molecule has 0 atom stereocenters. The zero-order valence-corrected chi connectivity index (χ0v) is 12.1. The summed E-state index contributed by atoms with van der Waals surface area (Å²) in [4.78, 5) is 22.8. The summed E-state index contributed by atoms with van der Waals surface area (Å²) in [5.41, 5.74) is 4.20. The van der Waals surface area contributed by atoms with E-state index in [0.29, 0.717) is 0 Å². The van der Waals surface area contributed by atoms with E-state index in [1.54, 1.807) is 4.90 Å². The maximum absolute atomic E-state index is 12.3. The molecule has 1 amide bonds. The monoisotopic (exact) mass is 267 g/mol. The molecule has 0 saturated carbocycles. The zero-order valence-electron chi connectivity index (χ0n) is 12.1. The molecule has 0 aliphatic carbocycles. The predicted molar refractivity (Wildman–Crippen MR) is 78.6 cm³/mol. The first-order valence-corrected chi connectivity index (χ1v) is 6.63. The molecule has 1 aliphatic heterocycles. The van der Waals surface area contributed by atoms with Gasteiger partial charge in [-0.3, -0.25) is 14.8 Å². The Morgan fingerprint density at radius 2 is 1.90 bits per heavy atom. The lowest BCUT2D eigenvalue weighted by molar-refractivity contribution is -0.121. The summed E-state index contributed by atoms with van der Waals surface area (Å²) in [5, 5.41) is 0. The van der Waals surface area contributed by atoms with Crippen LogP contribution in [0.1, 0.15) is 25.1 Å². The minimum Gasteiger partial charge on any atom is -0.314 e. The van der Waals surface area contributed by atoms with Gasteiger partial charge >= 0.3 is 0 Å². The third-order valence-electron chi connectivity index (χ3n) is 3.96. The van der Waals surface area contributed by atoms with E-state index in [-0.39, 0.29) is 5.91 Å². The number of carbonyl (C=O) groups is 1.